The highest BCUT2D eigenvalue weighted by Gasteiger charge is 2.26. The number of fused-ring (bicyclic) bond motifs is 1. The predicted molar refractivity (Wildman–Crippen MR) is 96.3 cm³/mol. The minimum atomic E-state index is -0.512. The van der Waals surface area contributed by atoms with Crippen LogP contribution in [-0.4, -0.2) is 18.4 Å². The van der Waals surface area contributed by atoms with Crippen LogP contribution >= 0.6 is 11.3 Å². The summed E-state index contributed by atoms with van der Waals surface area (Å²) in [7, 11) is 0. The standard InChI is InChI=1S/C18H20FN3O2S/c1-10(11-5-2-3-7-13(11)19)21-9-15(23)22-18-16(17(20)24)12-6-4-8-14(12)25-18/h2-3,5,7,10,21H,4,6,8-9H2,1H3,(H2,20,24)(H,22,23)/t10-/m1/s1. The summed E-state index contributed by atoms with van der Waals surface area (Å²) in [5, 5.41) is 6.28. The Kier molecular flexibility index (Phi) is 5.15. The summed E-state index contributed by atoms with van der Waals surface area (Å²) in [6.07, 6.45) is 2.75. The van der Waals surface area contributed by atoms with Crippen LogP contribution in [0.4, 0.5) is 9.39 Å². The Bertz CT molecular complexity index is 819. The van der Waals surface area contributed by atoms with Gasteiger partial charge in [0.15, 0.2) is 0 Å². The van der Waals surface area contributed by atoms with E-state index in [0.717, 1.165) is 29.7 Å². The van der Waals surface area contributed by atoms with Crippen LogP contribution in [0.5, 0.6) is 0 Å². The first kappa shape index (κ1) is 17.6. The topological polar surface area (TPSA) is 84.2 Å². The maximum absolute atomic E-state index is 13.8. The Labute approximate surface area is 149 Å². The largest absolute Gasteiger partial charge is 0.365 e. The van der Waals surface area contributed by atoms with Gasteiger partial charge in [0.05, 0.1) is 12.1 Å². The number of thiophene rings is 1. The van der Waals surface area contributed by atoms with Gasteiger partial charge >= 0.3 is 0 Å². The van der Waals surface area contributed by atoms with Crippen LogP contribution in [-0.2, 0) is 17.6 Å². The number of rotatable bonds is 6. The summed E-state index contributed by atoms with van der Waals surface area (Å²) in [5.41, 5.74) is 7.40. The van der Waals surface area contributed by atoms with Crippen molar-refractivity contribution in [3.8, 4) is 0 Å². The molecule has 7 heteroatoms. The van der Waals surface area contributed by atoms with Gasteiger partial charge in [-0.05, 0) is 37.8 Å². The lowest BCUT2D eigenvalue weighted by atomic mass is 10.1. The summed E-state index contributed by atoms with van der Waals surface area (Å²) >= 11 is 1.42. The van der Waals surface area contributed by atoms with Crippen molar-refractivity contribution in [3.63, 3.8) is 0 Å². The van der Waals surface area contributed by atoms with E-state index < -0.39 is 5.91 Å². The molecule has 132 valence electrons. The first-order valence-electron chi connectivity index (χ1n) is 8.19. The van der Waals surface area contributed by atoms with E-state index >= 15 is 0 Å². The third-order valence-electron chi connectivity index (χ3n) is 4.36. The lowest BCUT2D eigenvalue weighted by Crippen LogP contribution is -2.30. The monoisotopic (exact) mass is 361 g/mol. The number of benzene rings is 1. The van der Waals surface area contributed by atoms with E-state index in [4.69, 9.17) is 5.73 Å². The fourth-order valence-electron chi connectivity index (χ4n) is 3.11. The molecule has 0 aliphatic heterocycles. The van der Waals surface area contributed by atoms with E-state index in [1.165, 1.54) is 17.4 Å². The molecule has 1 heterocycles. The van der Waals surface area contributed by atoms with Crippen molar-refractivity contribution in [2.75, 3.05) is 11.9 Å². The highest BCUT2D eigenvalue weighted by molar-refractivity contribution is 7.17. The first-order chi connectivity index (χ1) is 12.0. The van der Waals surface area contributed by atoms with Gasteiger partial charge < -0.3 is 16.4 Å². The smallest absolute Gasteiger partial charge is 0.251 e. The fraction of sp³-hybridized carbons (Fsp3) is 0.333. The summed E-state index contributed by atoms with van der Waals surface area (Å²) in [6.45, 7) is 1.80. The molecule has 4 N–H and O–H groups in total. The van der Waals surface area contributed by atoms with Gasteiger partial charge in [0, 0.05) is 16.5 Å². The Morgan fingerprint density at radius 1 is 1.32 bits per heavy atom. The number of amides is 2. The Morgan fingerprint density at radius 3 is 2.80 bits per heavy atom. The summed E-state index contributed by atoms with van der Waals surface area (Å²) in [6, 6.07) is 6.14. The molecule has 5 nitrogen and oxygen atoms in total. The van der Waals surface area contributed by atoms with Gasteiger partial charge in [-0.1, -0.05) is 18.2 Å². The maximum atomic E-state index is 13.8. The fourth-order valence-corrected chi connectivity index (χ4v) is 4.42. The highest BCUT2D eigenvalue weighted by atomic mass is 32.1. The number of primary amides is 1. The molecule has 1 aromatic heterocycles. The Hall–Kier alpha value is -2.25. The van der Waals surface area contributed by atoms with Crippen LogP contribution in [0.2, 0.25) is 0 Å². The molecule has 0 radical (unpaired) electrons. The molecular formula is C18H20FN3O2S. The van der Waals surface area contributed by atoms with Crippen LogP contribution in [0.25, 0.3) is 0 Å². The number of halogens is 1. The number of nitrogens with two attached hydrogens (primary N) is 1. The van der Waals surface area contributed by atoms with Crippen molar-refractivity contribution < 1.29 is 14.0 Å². The molecule has 0 bridgehead atoms. The van der Waals surface area contributed by atoms with Crippen LogP contribution < -0.4 is 16.4 Å². The van der Waals surface area contributed by atoms with E-state index in [2.05, 4.69) is 10.6 Å². The number of nitrogens with one attached hydrogen (secondary N) is 2. The molecule has 3 rings (SSSR count). The molecule has 2 aromatic rings. The quantitative estimate of drug-likeness (QED) is 0.740. The first-order valence-corrected chi connectivity index (χ1v) is 9.01. The zero-order chi connectivity index (χ0) is 18.0. The molecule has 25 heavy (non-hydrogen) atoms. The molecule has 2 amide bonds. The number of hydrogen-bond donors (Lipinski definition) is 3. The van der Waals surface area contributed by atoms with Gasteiger partial charge in [-0.2, -0.15) is 0 Å². The SMILES string of the molecule is C[C@@H](NCC(=O)Nc1sc2c(c1C(N)=O)CCC2)c1ccccc1F. The molecule has 0 fully saturated rings. The van der Waals surface area contributed by atoms with Crippen molar-refractivity contribution in [1.82, 2.24) is 5.32 Å². The molecule has 0 saturated heterocycles. The van der Waals surface area contributed by atoms with Gasteiger partial charge in [0.1, 0.15) is 10.8 Å². The third-order valence-corrected chi connectivity index (χ3v) is 5.57. The summed E-state index contributed by atoms with van der Waals surface area (Å²) in [5.74, 6) is -1.11. The zero-order valence-electron chi connectivity index (χ0n) is 13.9. The van der Waals surface area contributed by atoms with Crippen molar-refractivity contribution in [2.45, 2.75) is 32.2 Å². The molecule has 0 unspecified atom stereocenters. The second-order valence-corrected chi connectivity index (χ2v) is 7.20. The zero-order valence-corrected chi connectivity index (χ0v) is 14.7. The van der Waals surface area contributed by atoms with Gasteiger partial charge in [-0.15, -0.1) is 11.3 Å². The number of anilines is 1. The van der Waals surface area contributed by atoms with E-state index in [9.17, 15) is 14.0 Å². The number of carbonyl (C=O) groups is 2. The molecule has 1 aliphatic carbocycles. The van der Waals surface area contributed by atoms with E-state index in [1.54, 1.807) is 25.1 Å². The molecule has 1 aliphatic rings. The number of carbonyl (C=O) groups excluding carboxylic acids is 2. The van der Waals surface area contributed by atoms with Gasteiger partial charge in [-0.25, -0.2) is 4.39 Å². The predicted octanol–water partition coefficient (Wildman–Crippen LogP) is 2.76. The second kappa shape index (κ2) is 7.33. The molecule has 1 atom stereocenters. The highest BCUT2D eigenvalue weighted by Crippen LogP contribution is 2.38. The second-order valence-electron chi connectivity index (χ2n) is 6.10. The number of hydrogen-bond acceptors (Lipinski definition) is 4. The molecule has 0 spiro atoms. The van der Waals surface area contributed by atoms with E-state index in [1.807, 2.05) is 0 Å². The van der Waals surface area contributed by atoms with E-state index in [0.29, 0.717) is 16.1 Å². The van der Waals surface area contributed by atoms with Crippen molar-refractivity contribution in [3.05, 3.63) is 51.7 Å². The lowest BCUT2D eigenvalue weighted by molar-refractivity contribution is -0.115. The van der Waals surface area contributed by atoms with Crippen molar-refractivity contribution in [2.24, 2.45) is 5.73 Å². The minimum absolute atomic E-state index is 0.0102. The van der Waals surface area contributed by atoms with Crippen LogP contribution in [0.1, 0.15) is 45.7 Å². The van der Waals surface area contributed by atoms with Gasteiger partial charge in [0.25, 0.3) is 5.91 Å². The molecule has 1 aromatic carbocycles. The molecular weight excluding hydrogens is 341 g/mol. The van der Waals surface area contributed by atoms with Crippen LogP contribution in [0.15, 0.2) is 24.3 Å². The summed E-state index contributed by atoms with van der Waals surface area (Å²) < 4.78 is 13.8. The average Bonchev–Trinajstić information content (AvgIpc) is 3.13. The molecule has 0 saturated carbocycles. The normalized spacial score (nSPS) is 14.2. The maximum Gasteiger partial charge on any atom is 0.251 e. The van der Waals surface area contributed by atoms with Crippen LogP contribution in [0, 0.1) is 5.82 Å². The van der Waals surface area contributed by atoms with Gasteiger partial charge in [-0.3, -0.25) is 9.59 Å². The third kappa shape index (κ3) is 3.72. The Balaban J connectivity index is 1.64. The van der Waals surface area contributed by atoms with Crippen LogP contribution in [0.3, 0.4) is 0 Å². The van der Waals surface area contributed by atoms with E-state index in [-0.39, 0.29) is 24.3 Å². The minimum Gasteiger partial charge on any atom is -0.365 e. The van der Waals surface area contributed by atoms with Gasteiger partial charge in [0.2, 0.25) is 5.91 Å². The van der Waals surface area contributed by atoms with Crippen molar-refractivity contribution >= 4 is 28.2 Å². The lowest BCUT2D eigenvalue weighted by Gasteiger charge is -2.15. The average molecular weight is 361 g/mol. The summed E-state index contributed by atoms with van der Waals surface area (Å²) in [4.78, 5) is 25.1. The Morgan fingerprint density at radius 2 is 2.08 bits per heavy atom. The number of aryl methyl sites for hydroxylation is 1. The van der Waals surface area contributed by atoms with Crippen molar-refractivity contribution in [1.29, 1.82) is 0 Å².